The van der Waals surface area contributed by atoms with Crippen LogP contribution in [0.4, 0.5) is 5.69 Å². The zero-order chi connectivity index (χ0) is 9.14. The number of hydrogen-bond acceptors (Lipinski definition) is 3. The van der Waals surface area contributed by atoms with Gasteiger partial charge in [0.25, 0.3) is 0 Å². The Balaban J connectivity index is 3.34. The summed E-state index contributed by atoms with van der Waals surface area (Å²) in [4.78, 5) is 10.5. The van der Waals surface area contributed by atoms with Crippen molar-refractivity contribution in [1.82, 2.24) is 0 Å². The molecular formula is C8H6N2O2. The predicted molar refractivity (Wildman–Crippen MR) is 42.5 cm³/mol. The number of nitrogens with zero attached hydrogens (tertiary/aromatic N) is 1. The number of hydrogen-bond donors (Lipinski definition) is 2. The summed E-state index contributed by atoms with van der Waals surface area (Å²) in [6.45, 7) is 0. The molecule has 3 N–H and O–H groups in total. The lowest BCUT2D eigenvalue weighted by atomic mass is 10.1. The number of anilines is 1. The number of benzene rings is 1. The van der Waals surface area contributed by atoms with Gasteiger partial charge in [0, 0.05) is 5.69 Å². The molecule has 0 aliphatic rings. The Morgan fingerprint density at radius 3 is 2.75 bits per heavy atom. The summed E-state index contributed by atoms with van der Waals surface area (Å²) in [5.74, 6) is -1.14. The number of rotatable bonds is 1. The first kappa shape index (κ1) is 8.08. The fourth-order valence-corrected chi connectivity index (χ4v) is 0.836. The molecule has 4 nitrogen and oxygen atoms in total. The maximum absolute atomic E-state index is 10.5. The van der Waals surface area contributed by atoms with Crippen LogP contribution in [0.5, 0.6) is 0 Å². The lowest BCUT2D eigenvalue weighted by Crippen LogP contribution is -2.01. The van der Waals surface area contributed by atoms with Crippen LogP contribution in [0.25, 0.3) is 0 Å². The van der Waals surface area contributed by atoms with Crippen molar-refractivity contribution in [2.75, 3.05) is 5.73 Å². The Morgan fingerprint density at radius 1 is 1.58 bits per heavy atom. The highest BCUT2D eigenvalue weighted by Crippen LogP contribution is 2.12. The summed E-state index contributed by atoms with van der Waals surface area (Å²) < 4.78 is 0. The van der Waals surface area contributed by atoms with Crippen LogP contribution in [-0.4, -0.2) is 11.1 Å². The normalized spacial score (nSPS) is 8.92. The van der Waals surface area contributed by atoms with Gasteiger partial charge in [-0.2, -0.15) is 5.26 Å². The average molecular weight is 162 g/mol. The number of nitrogens with two attached hydrogens (primary N) is 1. The Kier molecular flexibility index (Phi) is 1.97. The quantitative estimate of drug-likeness (QED) is 0.599. The second kappa shape index (κ2) is 2.93. The van der Waals surface area contributed by atoms with Crippen molar-refractivity contribution in [2.24, 2.45) is 0 Å². The van der Waals surface area contributed by atoms with Crippen LogP contribution in [0.1, 0.15) is 15.9 Å². The second-order valence-corrected chi connectivity index (χ2v) is 2.22. The smallest absolute Gasteiger partial charge is 0.337 e. The second-order valence-electron chi connectivity index (χ2n) is 2.22. The standard InChI is InChI=1S/C8H6N2O2/c9-4-5-1-2-6(10)3-7(5)8(11)12/h1-3H,10H2,(H,11,12). The van der Waals surface area contributed by atoms with E-state index in [9.17, 15) is 4.79 Å². The minimum Gasteiger partial charge on any atom is -0.478 e. The van der Waals surface area contributed by atoms with E-state index >= 15 is 0 Å². The molecule has 0 saturated heterocycles. The van der Waals surface area contributed by atoms with Gasteiger partial charge in [0.15, 0.2) is 0 Å². The number of nitrogen functional groups attached to an aromatic ring is 1. The lowest BCUT2D eigenvalue weighted by Gasteiger charge is -1.98. The summed E-state index contributed by atoms with van der Waals surface area (Å²) in [6, 6.07) is 5.91. The van der Waals surface area contributed by atoms with Gasteiger partial charge < -0.3 is 10.8 Å². The molecule has 0 amide bonds. The molecule has 1 aromatic rings. The van der Waals surface area contributed by atoms with Gasteiger partial charge >= 0.3 is 5.97 Å². The van der Waals surface area contributed by atoms with Gasteiger partial charge in [0.05, 0.1) is 11.1 Å². The van der Waals surface area contributed by atoms with Gasteiger partial charge in [-0.1, -0.05) is 0 Å². The molecule has 0 saturated carbocycles. The third-order valence-corrected chi connectivity index (χ3v) is 1.39. The van der Waals surface area contributed by atoms with Crippen LogP contribution in [-0.2, 0) is 0 Å². The number of carboxylic acids is 1. The van der Waals surface area contributed by atoms with E-state index in [1.807, 2.05) is 0 Å². The van der Waals surface area contributed by atoms with E-state index in [1.54, 1.807) is 6.07 Å². The maximum atomic E-state index is 10.5. The summed E-state index contributed by atoms with van der Waals surface area (Å²) in [6.07, 6.45) is 0. The topological polar surface area (TPSA) is 87.1 Å². The Morgan fingerprint density at radius 2 is 2.25 bits per heavy atom. The number of carboxylic acid groups (broad SMARTS) is 1. The molecule has 1 aromatic carbocycles. The first-order valence-electron chi connectivity index (χ1n) is 3.18. The molecule has 0 fully saturated rings. The fourth-order valence-electron chi connectivity index (χ4n) is 0.836. The molecule has 0 aliphatic carbocycles. The first-order chi connectivity index (χ1) is 5.65. The van der Waals surface area contributed by atoms with E-state index < -0.39 is 5.97 Å². The molecule has 0 atom stereocenters. The Labute approximate surface area is 68.8 Å². The van der Waals surface area contributed by atoms with Crippen molar-refractivity contribution in [2.45, 2.75) is 0 Å². The van der Waals surface area contributed by atoms with E-state index in [4.69, 9.17) is 16.1 Å². The molecule has 0 aliphatic heterocycles. The molecule has 1 rings (SSSR count). The van der Waals surface area contributed by atoms with E-state index in [2.05, 4.69) is 0 Å². The predicted octanol–water partition coefficient (Wildman–Crippen LogP) is 0.839. The van der Waals surface area contributed by atoms with E-state index in [0.29, 0.717) is 5.69 Å². The average Bonchev–Trinajstić information content (AvgIpc) is 2.04. The zero-order valence-electron chi connectivity index (χ0n) is 6.11. The van der Waals surface area contributed by atoms with Crippen LogP contribution in [0.2, 0.25) is 0 Å². The highest BCUT2D eigenvalue weighted by molar-refractivity contribution is 5.91. The maximum Gasteiger partial charge on any atom is 0.337 e. The van der Waals surface area contributed by atoms with Crippen LogP contribution >= 0.6 is 0 Å². The minimum absolute atomic E-state index is 0.0579. The molecule has 0 spiro atoms. The van der Waals surface area contributed by atoms with Gasteiger partial charge in [-0.25, -0.2) is 4.79 Å². The summed E-state index contributed by atoms with van der Waals surface area (Å²) >= 11 is 0. The zero-order valence-corrected chi connectivity index (χ0v) is 6.11. The fraction of sp³-hybridized carbons (Fsp3) is 0. The molecule has 4 heteroatoms. The third-order valence-electron chi connectivity index (χ3n) is 1.39. The van der Waals surface area contributed by atoms with Crippen molar-refractivity contribution >= 4 is 11.7 Å². The molecule has 60 valence electrons. The summed E-state index contributed by atoms with van der Waals surface area (Å²) in [5, 5.41) is 17.1. The summed E-state index contributed by atoms with van der Waals surface area (Å²) in [5.41, 5.74) is 5.75. The lowest BCUT2D eigenvalue weighted by molar-refractivity contribution is 0.0696. The van der Waals surface area contributed by atoms with Crippen molar-refractivity contribution < 1.29 is 9.90 Å². The van der Waals surface area contributed by atoms with Gasteiger partial charge in [-0.15, -0.1) is 0 Å². The molecule has 0 aromatic heterocycles. The van der Waals surface area contributed by atoms with Crippen LogP contribution in [0.15, 0.2) is 18.2 Å². The molecule has 0 bridgehead atoms. The molecular weight excluding hydrogens is 156 g/mol. The van der Waals surface area contributed by atoms with E-state index in [-0.39, 0.29) is 11.1 Å². The Bertz CT molecular complexity index is 366. The summed E-state index contributed by atoms with van der Waals surface area (Å²) in [7, 11) is 0. The van der Waals surface area contributed by atoms with Crippen molar-refractivity contribution in [1.29, 1.82) is 5.26 Å². The highest BCUT2D eigenvalue weighted by Gasteiger charge is 2.08. The SMILES string of the molecule is N#Cc1ccc(N)cc1C(=O)O. The van der Waals surface area contributed by atoms with Gasteiger partial charge in [0.2, 0.25) is 0 Å². The largest absolute Gasteiger partial charge is 0.478 e. The molecule has 0 heterocycles. The number of nitriles is 1. The monoisotopic (exact) mass is 162 g/mol. The van der Waals surface area contributed by atoms with Crippen molar-refractivity contribution in [3.8, 4) is 6.07 Å². The molecule has 0 radical (unpaired) electrons. The van der Waals surface area contributed by atoms with Gasteiger partial charge in [0.1, 0.15) is 6.07 Å². The first-order valence-corrected chi connectivity index (χ1v) is 3.18. The number of aromatic carboxylic acids is 1. The van der Waals surface area contributed by atoms with Crippen LogP contribution in [0, 0.1) is 11.3 Å². The number of carbonyl (C=O) groups is 1. The van der Waals surface area contributed by atoms with Crippen molar-refractivity contribution in [3.05, 3.63) is 29.3 Å². The molecule has 12 heavy (non-hydrogen) atoms. The minimum atomic E-state index is -1.14. The highest BCUT2D eigenvalue weighted by atomic mass is 16.4. The van der Waals surface area contributed by atoms with Crippen LogP contribution < -0.4 is 5.73 Å². The Hall–Kier alpha value is -2.02. The van der Waals surface area contributed by atoms with Gasteiger partial charge in [-0.05, 0) is 18.2 Å². The third kappa shape index (κ3) is 1.35. The van der Waals surface area contributed by atoms with Crippen molar-refractivity contribution in [3.63, 3.8) is 0 Å². The van der Waals surface area contributed by atoms with E-state index in [0.717, 1.165) is 0 Å². The molecule has 0 unspecified atom stereocenters. The van der Waals surface area contributed by atoms with E-state index in [1.165, 1.54) is 18.2 Å². The van der Waals surface area contributed by atoms with Gasteiger partial charge in [-0.3, -0.25) is 0 Å². The van der Waals surface area contributed by atoms with Crippen LogP contribution in [0.3, 0.4) is 0 Å².